The minimum absolute atomic E-state index is 0.574. The molecule has 1 aromatic rings. The molecule has 2 fully saturated rings. The SMILES string of the molecule is COc1cc(Br)cc(NC2CCN(C3CC3)C2)c1. The minimum Gasteiger partial charge on any atom is -0.497 e. The highest BCUT2D eigenvalue weighted by molar-refractivity contribution is 9.10. The Morgan fingerprint density at radius 1 is 1.28 bits per heavy atom. The van der Waals surface area contributed by atoms with Crippen molar-refractivity contribution >= 4 is 21.6 Å². The van der Waals surface area contributed by atoms with Gasteiger partial charge in [0, 0.05) is 41.4 Å². The van der Waals surface area contributed by atoms with Gasteiger partial charge in [0.05, 0.1) is 7.11 Å². The van der Waals surface area contributed by atoms with Crippen molar-refractivity contribution in [2.24, 2.45) is 0 Å². The molecule has 0 aromatic heterocycles. The Hall–Kier alpha value is -0.740. The molecule has 2 aliphatic rings. The summed E-state index contributed by atoms with van der Waals surface area (Å²) in [5, 5.41) is 3.62. The molecule has 18 heavy (non-hydrogen) atoms. The van der Waals surface area contributed by atoms with Gasteiger partial charge in [-0.15, -0.1) is 0 Å². The van der Waals surface area contributed by atoms with E-state index in [1.165, 1.54) is 32.4 Å². The van der Waals surface area contributed by atoms with E-state index in [1.807, 2.05) is 6.07 Å². The lowest BCUT2D eigenvalue weighted by atomic mass is 10.2. The summed E-state index contributed by atoms with van der Waals surface area (Å²) in [5.41, 5.74) is 1.14. The fourth-order valence-corrected chi connectivity index (χ4v) is 3.15. The monoisotopic (exact) mass is 310 g/mol. The highest BCUT2D eigenvalue weighted by Gasteiger charge is 2.34. The molecule has 1 aromatic carbocycles. The molecule has 3 nitrogen and oxygen atoms in total. The molecule has 1 saturated heterocycles. The number of nitrogens with zero attached hydrogens (tertiary/aromatic N) is 1. The van der Waals surface area contributed by atoms with Gasteiger partial charge in [-0.2, -0.15) is 0 Å². The molecular formula is C14H19BrN2O. The first kappa shape index (κ1) is 12.3. The lowest BCUT2D eigenvalue weighted by Gasteiger charge is -2.17. The first-order valence-corrected chi connectivity index (χ1v) is 7.39. The van der Waals surface area contributed by atoms with Crippen LogP contribution in [-0.2, 0) is 0 Å². The van der Waals surface area contributed by atoms with E-state index in [0.717, 1.165) is 22.0 Å². The van der Waals surface area contributed by atoms with Crippen molar-refractivity contribution in [1.29, 1.82) is 0 Å². The van der Waals surface area contributed by atoms with Crippen molar-refractivity contribution in [3.8, 4) is 5.75 Å². The molecule has 0 bridgehead atoms. The van der Waals surface area contributed by atoms with Crippen LogP contribution in [-0.4, -0.2) is 37.2 Å². The topological polar surface area (TPSA) is 24.5 Å². The maximum atomic E-state index is 5.29. The average Bonchev–Trinajstić information content (AvgIpc) is 3.10. The molecule has 1 atom stereocenters. The van der Waals surface area contributed by atoms with Crippen molar-refractivity contribution in [2.75, 3.05) is 25.5 Å². The zero-order valence-electron chi connectivity index (χ0n) is 10.7. The van der Waals surface area contributed by atoms with Gasteiger partial charge in [-0.25, -0.2) is 0 Å². The van der Waals surface area contributed by atoms with E-state index in [9.17, 15) is 0 Å². The van der Waals surface area contributed by atoms with Gasteiger partial charge in [-0.3, -0.25) is 4.90 Å². The summed E-state index contributed by atoms with van der Waals surface area (Å²) in [6.45, 7) is 2.42. The molecule has 0 radical (unpaired) electrons. The fourth-order valence-electron chi connectivity index (χ4n) is 2.68. The molecule has 1 saturated carbocycles. The van der Waals surface area contributed by atoms with E-state index >= 15 is 0 Å². The van der Waals surface area contributed by atoms with E-state index in [2.05, 4.69) is 38.3 Å². The summed E-state index contributed by atoms with van der Waals surface area (Å²) < 4.78 is 6.35. The van der Waals surface area contributed by atoms with Crippen LogP contribution in [0.4, 0.5) is 5.69 Å². The van der Waals surface area contributed by atoms with Crippen LogP contribution in [0.5, 0.6) is 5.75 Å². The van der Waals surface area contributed by atoms with Gasteiger partial charge in [-0.1, -0.05) is 15.9 Å². The largest absolute Gasteiger partial charge is 0.497 e. The molecule has 1 N–H and O–H groups in total. The van der Waals surface area contributed by atoms with Gasteiger partial charge in [0.2, 0.25) is 0 Å². The number of methoxy groups -OCH3 is 1. The lowest BCUT2D eigenvalue weighted by molar-refractivity contribution is 0.326. The van der Waals surface area contributed by atoms with E-state index in [-0.39, 0.29) is 0 Å². The first-order chi connectivity index (χ1) is 8.74. The van der Waals surface area contributed by atoms with Gasteiger partial charge in [0.1, 0.15) is 5.75 Å². The Kier molecular flexibility index (Phi) is 3.48. The van der Waals surface area contributed by atoms with Crippen LogP contribution >= 0.6 is 15.9 Å². The van der Waals surface area contributed by atoms with Gasteiger partial charge < -0.3 is 10.1 Å². The summed E-state index contributed by atoms with van der Waals surface area (Å²) >= 11 is 3.52. The van der Waals surface area contributed by atoms with Crippen molar-refractivity contribution in [3.63, 3.8) is 0 Å². The van der Waals surface area contributed by atoms with Gasteiger partial charge in [-0.05, 0) is 31.4 Å². The van der Waals surface area contributed by atoms with Crippen LogP contribution in [0.1, 0.15) is 19.3 Å². The summed E-state index contributed by atoms with van der Waals surface area (Å²) in [7, 11) is 1.70. The molecule has 3 rings (SSSR count). The highest BCUT2D eigenvalue weighted by atomic mass is 79.9. The number of benzene rings is 1. The predicted molar refractivity (Wildman–Crippen MR) is 77.3 cm³/mol. The second kappa shape index (κ2) is 5.10. The van der Waals surface area contributed by atoms with E-state index in [1.54, 1.807) is 7.11 Å². The van der Waals surface area contributed by atoms with Gasteiger partial charge in [0.15, 0.2) is 0 Å². The minimum atomic E-state index is 0.574. The normalized spacial score (nSPS) is 24.2. The highest BCUT2D eigenvalue weighted by Crippen LogP contribution is 2.31. The number of hydrogen-bond acceptors (Lipinski definition) is 3. The maximum absolute atomic E-state index is 5.29. The number of hydrogen-bond donors (Lipinski definition) is 1. The second-order valence-corrected chi connectivity index (χ2v) is 6.15. The quantitative estimate of drug-likeness (QED) is 0.925. The average molecular weight is 311 g/mol. The zero-order chi connectivity index (χ0) is 12.5. The summed E-state index contributed by atoms with van der Waals surface area (Å²) in [5.74, 6) is 0.893. The van der Waals surface area contributed by atoms with Crippen LogP contribution in [0.2, 0.25) is 0 Å². The summed E-state index contributed by atoms with van der Waals surface area (Å²) in [4.78, 5) is 2.62. The van der Waals surface area contributed by atoms with E-state index < -0.39 is 0 Å². The Labute approximate surface area is 117 Å². The lowest BCUT2D eigenvalue weighted by Crippen LogP contribution is -2.27. The fraction of sp³-hybridized carbons (Fsp3) is 0.571. The Bertz CT molecular complexity index is 434. The van der Waals surface area contributed by atoms with Crippen LogP contribution in [0.15, 0.2) is 22.7 Å². The predicted octanol–water partition coefficient (Wildman–Crippen LogP) is 3.11. The molecular weight excluding hydrogens is 292 g/mol. The summed E-state index contributed by atoms with van der Waals surface area (Å²) in [6.07, 6.45) is 4.04. The third-order valence-corrected chi connectivity index (χ3v) is 4.22. The molecule has 4 heteroatoms. The third-order valence-electron chi connectivity index (χ3n) is 3.76. The molecule has 1 aliphatic carbocycles. The molecule has 1 unspecified atom stereocenters. The van der Waals surface area contributed by atoms with Crippen molar-refractivity contribution < 1.29 is 4.74 Å². The van der Waals surface area contributed by atoms with Crippen molar-refractivity contribution in [3.05, 3.63) is 22.7 Å². The standard InChI is InChI=1S/C14H19BrN2O/c1-18-14-7-10(15)6-12(8-14)16-11-4-5-17(9-11)13-2-3-13/h6-8,11,13,16H,2-5,9H2,1H3. The number of rotatable bonds is 4. The molecule has 1 heterocycles. The second-order valence-electron chi connectivity index (χ2n) is 5.24. The Morgan fingerprint density at radius 2 is 2.11 bits per heavy atom. The maximum Gasteiger partial charge on any atom is 0.122 e. The number of halogens is 1. The molecule has 0 spiro atoms. The van der Waals surface area contributed by atoms with Crippen molar-refractivity contribution in [2.45, 2.75) is 31.3 Å². The number of ether oxygens (including phenoxy) is 1. The van der Waals surface area contributed by atoms with E-state index in [4.69, 9.17) is 4.74 Å². The third kappa shape index (κ3) is 2.81. The molecule has 0 amide bonds. The van der Waals surface area contributed by atoms with Crippen LogP contribution < -0.4 is 10.1 Å². The zero-order valence-corrected chi connectivity index (χ0v) is 12.2. The van der Waals surface area contributed by atoms with Crippen LogP contribution in [0.3, 0.4) is 0 Å². The van der Waals surface area contributed by atoms with Crippen LogP contribution in [0, 0.1) is 0 Å². The van der Waals surface area contributed by atoms with Gasteiger partial charge >= 0.3 is 0 Å². The smallest absolute Gasteiger partial charge is 0.122 e. The molecule has 1 aliphatic heterocycles. The van der Waals surface area contributed by atoms with E-state index in [0.29, 0.717) is 6.04 Å². The Balaban J connectivity index is 1.63. The van der Waals surface area contributed by atoms with Crippen molar-refractivity contribution in [1.82, 2.24) is 4.90 Å². The first-order valence-electron chi connectivity index (χ1n) is 6.60. The number of anilines is 1. The Morgan fingerprint density at radius 3 is 2.83 bits per heavy atom. The number of nitrogens with one attached hydrogen (secondary N) is 1. The summed E-state index contributed by atoms with van der Waals surface area (Å²) in [6, 6.07) is 7.61. The van der Waals surface area contributed by atoms with Gasteiger partial charge in [0.25, 0.3) is 0 Å². The molecule has 98 valence electrons. The number of likely N-dealkylation sites (tertiary alicyclic amines) is 1. The van der Waals surface area contributed by atoms with Crippen LogP contribution in [0.25, 0.3) is 0 Å².